The minimum Gasteiger partial charge on any atom is -0.507 e. The molecule has 3 nitrogen and oxygen atoms in total. The fourth-order valence-electron chi connectivity index (χ4n) is 5.89. The lowest BCUT2D eigenvalue weighted by Gasteiger charge is -2.35. The molecule has 223 valence electrons. The highest BCUT2D eigenvalue weighted by Gasteiger charge is 2.35. The van der Waals surface area contributed by atoms with E-state index < -0.39 is 5.41 Å². The molecule has 3 aromatic rings. The van der Waals surface area contributed by atoms with Crippen LogP contribution in [0.2, 0.25) is 0 Å². The highest BCUT2D eigenvalue weighted by Crippen LogP contribution is 2.53. The van der Waals surface area contributed by atoms with Gasteiger partial charge in [0.2, 0.25) is 0 Å². The van der Waals surface area contributed by atoms with Crippen LogP contribution >= 0.6 is 0 Å². The van der Waals surface area contributed by atoms with E-state index in [2.05, 4.69) is 128 Å². The third-order valence-corrected chi connectivity index (χ3v) is 7.89. The van der Waals surface area contributed by atoms with Gasteiger partial charge in [-0.2, -0.15) is 0 Å². The smallest absolute Gasteiger partial charge is 0.127 e. The molecule has 0 fully saturated rings. The molecule has 0 heterocycles. The fourth-order valence-corrected chi connectivity index (χ4v) is 5.89. The fraction of sp³-hybridized carbons (Fsp3) is 0.526. The van der Waals surface area contributed by atoms with Crippen LogP contribution in [0.25, 0.3) is 22.3 Å². The molecule has 0 aromatic heterocycles. The highest BCUT2D eigenvalue weighted by atomic mass is 16.3. The minimum atomic E-state index is -0.415. The molecule has 0 spiro atoms. The van der Waals surface area contributed by atoms with Crippen LogP contribution in [0.1, 0.15) is 132 Å². The van der Waals surface area contributed by atoms with Gasteiger partial charge in [0.25, 0.3) is 0 Å². The van der Waals surface area contributed by atoms with Crippen molar-refractivity contribution in [2.75, 3.05) is 0 Å². The maximum atomic E-state index is 12.3. The number of phenols is 3. The van der Waals surface area contributed by atoms with Crippen molar-refractivity contribution in [3.05, 3.63) is 64.2 Å². The summed E-state index contributed by atoms with van der Waals surface area (Å²) in [5.74, 6) is 0.672. The van der Waals surface area contributed by atoms with Crippen LogP contribution in [0.15, 0.2) is 30.3 Å². The zero-order valence-corrected chi connectivity index (χ0v) is 28.2. The maximum absolute atomic E-state index is 12.3. The van der Waals surface area contributed by atoms with Gasteiger partial charge in [-0.3, -0.25) is 0 Å². The van der Waals surface area contributed by atoms with E-state index in [9.17, 15) is 15.3 Å². The van der Waals surface area contributed by atoms with Gasteiger partial charge >= 0.3 is 0 Å². The van der Waals surface area contributed by atoms with E-state index in [0.29, 0.717) is 11.3 Å². The van der Waals surface area contributed by atoms with Crippen molar-refractivity contribution in [3.63, 3.8) is 0 Å². The molecule has 0 unspecified atom stereocenters. The van der Waals surface area contributed by atoms with Crippen LogP contribution in [-0.4, -0.2) is 15.3 Å². The third-order valence-electron chi connectivity index (χ3n) is 7.89. The first-order valence-electron chi connectivity index (χ1n) is 14.8. The predicted octanol–water partition coefficient (Wildman–Crippen LogP) is 10.4. The second kappa shape index (κ2) is 10.1. The summed E-state index contributed by atoms with van der Waals surface area (Å²) in [5, 5.41) is 34.7. The zero-order valence-electron chi connectivity index (χ0n) is 28.2. The summed E-state index contributed by atoms with van der Waals surface area (Å²) in [6, 6.07) is 13.0. The van der Waals surface area contributed by atoms with Gasteiger partial charge in [-0.1, -0.05) is 110 Å². The van der Waals surface area contributed by atoms with E-state index in [4.69, 9.17) is 0 Å². The van der Waals surface area contributed by atoms with Gasteiger partial charge < -0.3 is 15.3 Å². The van der Waals surface area contributed by atoms with Crippen molar-refractivity contribution in [3.8, 4) is 39.5 Å². The predicted molar refractivity (Wildman–Crippen MR) is 175 cm³/mol. The molecule has 0 amide bonds. The third kappa shape index (κ3) is 6.30. The molecular weight excluding hydrogens is 504 g/mol. The van der Waals surface area contributed by atoms with Crippen molar-refractivity contribution >= 4 is 0 Å². The summed E-state index contributed by atoms with van der Waals surface area (Å²) in [7, 11) is 0. The van der Waals surface area contributed by atoms with Gasteiger partial charge in [0.15, 0.2) is 0 Å². The molecule has 0 aliphatic rings. The van der Waals surface area contributed by atoms with Crippen LogP contribution in [0.3, 0.4) is 0 Å². The Morgan fingerprint density at radius 1 is 0.488 bits per heavy atom. The van der Waals surface area contributed by atoms with Crippen molar-refractivity contribution in [1.29, 1.82) is 0 Å². The van der Waals surface area contributed by atoms with Crippen LogP contribution in [0.4, 0.5) is 0 Å². The lowest BCUT2D eigenvalue weighted by Crippen LogP contribution is -2.22. The lowest BCUT2D eigenvalue weighted by atomic mass is 9.70. The molecule has 3 heteroatoms. The van der Waals surface area contributed by atoms with Crippen molar-refractivity contribution in [1.82, 2.24) is 0 Å². The lowest BCUT2D eigenvalue weighted by molar-refractivity contribution is 0.423. The van der Waals surface area contributed by atoms with Gasteiger partial charge in [-0.15, -0.1) is 0 Å². The van der Waals surface area contributed by atoms with Crippen molar-refractivity contribution in [2.45, 2.75) is 131 Å². The molecule has 3 N–H and O–H groups in total. The van der Waals surface area contributed by atoms with E-state index in [1.807, 2.05) is 6.07 Å². The van der Waals surface area contributed by atoms with E-state index in [1.165, 1.54) is 0 Å². The molecule has 41 heavy (non-hydrogen) atoms. The van der Waals surface area contributed by atoms with Crippen LogP contribution < -0.4 is 0 Å². The Hall–Kier alpha value is -2.94. The van der Waals surface area contributed by atoms with Crippen LogP contribution in [0, 0.1) is 6.07 Å². The summed E-state index contributed by atoms with van der Waals surface area (Å²) < 4.78 is 0. The van der Waals surface area contributed by atoms with Gasteiger partial charge in [0, 0.05) is 33.9 Å². The Kier molecular flexibility index (Phi) is 8.03. The van der Waals surface area contributed by atoms with Crippen LogP contribution in [-0.2, 0) is 27.1 Å². The van der Waals surface area contributed by atoms with E-state index >= 15 is 0 Å². The van der Waals surface area contributed by atoms with Gasteiger partial charge in [0.05, 0.1) is 0 Å². The van der Waals surface area contributed by atoms with Gasteiger partial charge in [-0.05, 0) is 73.6 Å². The largest absolute Gasteiger partial charge is 0.507 e. The van der Waals surface area contributed by atoms with E-state index in [1.54, 1.807) is 6.07 Å². The molecule has 3 aromatic carbocycles. The Bertz CT molecular complexity index is 1420. The molecule has 0 aliphatic heterocycles. The summed E-state index contributed by atoms with van der Waals surface area (Å²) in [4.78, 5) is 0. The minimum absolute atomic E-state index is 0.108. The number of benzene rings is 3. The molecule has 0 atom stereocenters. The molecule has 0 saturated carbocycles. The highest BCUT2D eigenvalue weighted by molar-refractivity contribution is 5.87. The summed E-state index contributed by atoms with van der Waals surface area (Å²) in [5.41, 5.74) is 6.40. The second-order valence-corrected chi connectivity index (χ2v) is 16.9. The number of hydrogen-bond donors (Lipinski definition) is 3. The van der Waals surface area contributed by atoms with Crippen molar-refractivity contribution in [2.24, 2.45) is 0 Å². The molecule has 0 saturated heterocycles. The molecular formula is C38H53O3. The standard InChI is InChI=1S/C38H53O3/c1-34(2,3)25-21-24(23-17-16-18-28(39)30(23)37(10,11)12)32(40)31(38(13,14)15)29(25)22-19-26(35(4,5)6)33(41)27(20-22)36(7,8)9/h16-17,19-21,39-41H,1-15H3. The monoisotopic (exact) mass is 557 g/mol. The molecule has 3 rings (SSSR count). The normalized spacial score (nSPS) is 13.5. The average molecular weight is 558 g/mol. The Morgan fingerprint density at radius 2 is 0.927 bits per heavy atom. The molecule has 0 bridgehead atoms. The summed E-state index contributed by atoms with van der Waals surface area (Å²) in [6.07, 6.45) is 0. The van der Waals surface area contributed by atoms with Crippen LogP contribution in [0.5, 0.6) is 17.2 Å². The Morgan fingerprint density at radius 3 is 1.32 bits per heavy atom. The Labute approximate surface area is 249 Å². The molecule has 1 radical (unpaired) electrons. The number of rotatable bonds is 2. The number of hydrogen-bond acceptors (Lipinski definition) is 3. The number of phenolic OH excluding ortho intramolecular Hbond substituents is 3. The van der Waals surface area contributed by atoms with Crippen molar-refractivity contribution < 1.29 is 15.3 Å². The first kappa shape index (κ1) is 32.6. The topological polar surface area (TPSA) is 60.7 Å². The first-order chi connectivity index (χ1) is 18.3. The second-order valence-electron chi connectivity index (χ2n) is 16.9. The zero-order chi connectivity index (χ0) is 31.7. The molecule has 0 aliphatic carbocycles. The quantitative estimate of drug-likeness (QED) is 0.294. The Balaban J connectivity index is 2.67. The van der Waals surface area contributed by atoms with Gasteiger partial charge in [-0.25, -0.2) is 0 Å². The SMILES string of the molecule is CC(C)(C)c1cc(-c2c(C(C)(C)C)cc(-c3cc[c]c(O)c3C(C)(C)C)c(O)c2C(C)(C)C)cc(C(C)(C)C)c1O. The summed E-state index contributed by atoms with van der Waals surface area (Å²) >= 11 is 0. The average Bonchev–Trinajstić information content (AvgIpc) is 2.74. The van der Waals surface area contributed by atoms with E-state index in [0.717, 1.165) is 44.5 Å². The first-order valence-corrected chi connectivity index (χ1v) is 14.8. The van der Waals surface area contributed by atoms with Gasteiger partial charge in [0.1, 0.15) is 17.2 Å². The maximum Gasteiger partial charge on any atom is 0.127 e. The van der Waals surface area contributed by atoms with E-state index in [-0.39, 0.29) is 33.2 Å². The number of aromatic hydroxyl groups is 3. The summed E-state index contributed by atoms with van der Waals surface area (Å²) in [6.45, 7) is 32.0.